The third kappa shape index (κ3) is 7.89. The molecule has 0 amide bonds. The summed E-state index contributed by atoms with van der Waals surface area (Å²) in [5, 5.41) is -0.104. The van der Waals surface area contributed by atoms with Gasteiger partial charge in [-0.1, -0.05) is 75.7 Å². The number of hydrogen-bond donors (Lipinski definition) is 1. The second-order valence-electron chi connectivity index (χ2n) is 13.1. The number of halogens is 1. The monoisotopic (exact) mass is 634 g/mol. The van der Waals surface area contributed by atoms with Crippen molar-refractivity contribution in [1.82, 2.24) is 0 Å². The van der Waals surface area contributed by atoms with Gasteiger partial charge in [0, 0.05) is 28.9 Å². The highest BCUT2D eigenvalue weighted by Crippen LogP contribution is 2.52. The minimum atomic E-state index is -2.34. The van der Waals surface area contributed by atoms with Gasteiger partial charge in [-0.05, 0) is 85.4 Å². The fraction of sp³-hybridized carbons (Fsp3) is 0.697. The van der Waals surface area contributed by atoms with E-state index in [-0.39, 0.29) is 22.7 Å². The predicted octanol–water partition coefficient (Wildman–Crippen LogP) is 9.02. The van der Waals surface area contributed by atoms with Gasteiger partial charge in [0.25, 0.3) is 0 Å². The van der Waals surface area contributed by atoms with Gasteiger partial charge in [-0.15, -0.1) is 0 Å². The number of carbonyl (C=O) groups is 2. The Hall–Kier alpha value is -1.44. The number of unbranched alkanes of at least 4 members (excludes halogenated alkanes) is 3. The number of esters is 1. The van der Waals surface area contributed by atoms with E-state index in [1.807, 2.05) is 25.2 Å². The molecule has 1 aromatic carbocycles. The van der Waals surface area contributed by atoms with Crippen LogP contribution in [-0.4, -0.2) is 31.5 Å². The highest BCUT2D eigenvalue weighted by Gasteiger charge is 2.45. The van der Waals surface area contributed by atoms with Crippen molar-refractivity contribution in [2.24, 2.45) is 11.8 Å². The predicted molar refractivity (Wildman–Crippen MR) is 168 cm³/mol. The number of fused-ring (bicyclic) bond motifs is 2. The smallest absolute Gasteiger partial charge is 0.303 e. The van der Waals surface area contributed by atoms with Crippen molar-refractivity contribution in [3.8, 4) is 5.75 Å². The molecule has 2 aliphatic rings. The van der Waals surface area contributed by atoms with Crippen molar-refractivity contribution in [2.75, 3.05) is 6.61 Å². The van der Waals surface area contributed by atoms with Gasteiger partial charge in [-0.25, -0.2) is 0 Å². The molecule has 0 radical (unpaired) electrons. The molecule has 7 heteroatoms. The second-order valence-corrected chi connectivity index (χ2v) is 18.5. The quantitative estimate of drug-likeness (QED) is 0.118. The van der Waals surface area contributed by atoms with E-state index in [1.54, 1.807) is 0 Å². The van der Waals surface area contributed by atoms with E-state index < -0.39 is 14.4 Å². The highest BCUT2D eigenvalue weighted by molar-refractivity contribution is 9.10. The molecule has 0 aliphatic heterocycles. The fourth-order valence-corrected chi connectivity index (χ4v) is 7.68. The number of allylic oxidation sites excluding steroid dienone is 1. The maximum Gasteiger partial charge on any atom is 0.303 e. The van der Waals surface area contributed by atoms with E-state index in [1.165, 1.54) is 26.2 Å². The zero-order valence-corrected chi connectivity index (χ0v) is 28.4. The summed E-state index contributed by atoms with van der Waals surface area (Å²) < 4.78 is 13.1. The summed E-state index contributed by atoms with van der Waals surface area (Å²) in [6, 6.07) is 3.96. The molecular formula is C33H51BrO5Si. The van der Waals surface area contributed by atoms with Crippen molar-refractivity contribution >= 4 is 36.0 Å². The van der Waals surface area contributed by atoms with Crippen LogP contribution < -0.4 is 4.74 Å². The van der Waals surface area contributed by atoms with Crippen molar-refractivity contribution < 1.29 is 23.9 Å². The molecule has 0 saturated heterocycles. The second kappa shape index (κ2) is 14.2. The first kappa shape index (κ1) is 33.1. The summed E-state index contributed by atoms with van der Waals surface area (Å²) in [6.45, 7) is 14.9. The average Bonchev–Trinajstić information content (AvgIpc) is 3.17. The first-order valence-electron chi connectivity index (χ1n) is 15.4. The van der Waals surface area contributed by atoms with Gasteiger partial charge in [0.1, 0.15) is 5.75 Å². The third-order valence-electron chi connectivity index (χ3n) is 9.33. The number of hydrogen-bond acceptors (Lipinski definition) is 5. The van der Waals surface area contributed by atoms with Crippen LogP contribution >= 0.6 is 15.9 Å². The molecule has 5 nitrogen and oxygen atoms in total. The zero-order valence-electron chi connectivity index (χ0n) is 25.8. The van der Waals surface area contributed by atoms with Crippen molar-refractivity contribution in [3.63, 3.8) is 0 Å². The third-order valence-corrected chi connectivity index (χ3v) is 13.5. The van der Waals surface area contributed by atoms with E-state index in [0.717, 1.165) is 71.0 Å². The molecule has 40 heavy (non-hydrogen) atoms. The van der Waals surface area contributed by atoms with Gasteiger partial charge >= 0.3 is 5.97 Å². The molecule has 3 rings (SSSR count). The summed E-state index contributed by atoms with van der Waals surface area (Å²) in [4.78, 5) is 36.9. The molecule has 1 aromatic rings. The van der Waals surface area contributed by atoms with E-state index in [2.05, 4.69) is 43.6 Å². The summed E-state index contributed by atoms with van der Waals surface area (Å²) in [7, 11) is -2.34. The Morgan fingerprint density at radius 2 is 1.82 bits per heavy atom. The maximum atomic E-state index is 13.5. The largest absolute Gasteiger partial charge is 0.493 e. The molecular weight excluding hydrogens is 584 g/mol. The number of Topliss-reactive ketones (excluding diaryl/α,β-unsaturated/α-hetero) is 1. The van der Waals surface area contributed by atoms with Crippen LogP contribution in [0.5, 0.6) is 5.75 Å². The SMILES string of the molecule is CCCCC[C@@H](CCC1=C2C(CC1=O)Cc1c(OCCCC)ccc(Br)c1C2OC(C)=O)CC(C)(C)[Si](C)(C)O. The van der Waals surface area contributed by atoms with Gasteiger partial charge in [0.2, 0.25) is 0 Å². The lowest BCUT2D eigenvalue weighted by atomic mass is 9.77. The fourth-order valence-electron chi connectivity index (χ4n) is 6.32. The van der Waals surface area contributed by atoms with Gasteiger partial charge in [0.15, 0.2) is 20.2 Å². The molecule has 224 valence electrons. The topological polar surface area (TPSA) is 72.8 Å². The molecule has 3 atom stereocenters. The molecule has 0 bridgehead atoms. The van der Waals surface area contributed by atoms with E-state index >= 15 is 0 Å². The number of benzene rings is 1. The number of rotatable bonds is 15. The number of ketones is 1. The maximum absolute atomic E-state index is 13.5. The normalized spacial score (nSPS) is 19.9. The standard InChI is InChI=1S/C33H51BrO5Si/c1-8-10-12-13-23(21-33(4,5)40(6,7)37)14-15-25-28(36)20-24-19-26-29(38-18-11-9-2)17-16-27(34)31(26)32(30(24)25)39-22(3)35/h16-17,23-24,32,37H,8-15,18-21H2,1-7H3/t23-,24?,32?/m0/s1. The van der Waals surface area contributed by atoms with Crippen LogP contribution in [0.4, 0.5) is 0 Å². The molecule has 1 N–H and O–H groups in total. The molecule has 0 saturated carbocycles. The van der Waals surface area contributed by atoms with Crippen molar-refractivity contribution in [1.29, 1.82) is 0 Å². The van der Waals surface area contributed by atoms with E-state index in [9.17, 15) is 14.4 Å². The van der Waals surface area contributed by atoms with Crippen LogP contribution in [0, 0.1) is 11.8 Å². The highest BCUT2D eigenvalue weighted by atomic mass is 79.9. The Balaban J connectivity index is 1.96. The van der Waals surface area contributed by atoms with E-state index in [4.69, 9.17) is 9.47 Å². The molecule has 0 spiro atoms. The van der Waals surface area contributed by atoms with Crippen LogP contribution in [0.15, 0.2) is 27.8 Å². The first-order chi connectivity index (χ1) is 18.8. The minimum Gasteiger partial charge on any atom is -0.493 e. The van der Waals surface area contributed by atoms with Crippen molar-refractivity contribution in [3.05, 3.63) is 38.9 Å². The summed E-state index contributed by atoms with van der Waals surface area (Å²) >= 11 is 3.74. The van der Waals surface area contributed by atoms with Crippen LogP contribution in [0.1, 0.15) is 116 Å². The Kier molecular flexibility index (Phi) is 11.7. The lowest BCUT2D eigenvalue weighted by Crippen LogP contribution is -2.40. The Bertz CT molecular complexity index is 1090. The average molecular weight is 636 g/mol. The molecule has 2 unspecified atom stereocenters. The number of ether oxygens (including phenoxy) is 2. The molecule has 0 aromatic heterocycles. The van der Waals surface area contributed by atoms with Gasteiger partial charge in [-0.3, -0.25) is 9.59 Å². The summed E-state index contributed by atoms with van der Waals surface area (Å²) in [5.74, 6) is 1.15. The zero-order chi connectivity index (χ0) is 29.7. The van der Waals surface area contributed by atoms with Crippen LogP contribution in [-0.2, 0) is 20.7 Å². The lowest BCUT2D eigenvalue weighted by molar-refractivity contribution is -0.145. The van der Waals surface area contributed by atoms with Gasteiger partial charge in [-0.2, -0.15) is 0 Å². The first-order valence-corrected chi connectivity index (χ1v) is 19.1. The Labute approximate surface area is 251 Å². The summed E-state index contributed by atoms with van der Waals surface area (Å²) in [5.41, 5.74) is 3.85. The van der Waals surface area contributed by atoms with Gasteiger partial charge < -0.3 is 14.3 Å². The minimum absolute atomic E-state index is 0.0286. The molecule has 0 heterocycles. The molecule has 2 aliphatic carbocycles. The van der Waals surface area contributed by atoms with Crippen LogP contribution in [0.3, 0.4) is 0 Å². The Morgan fingerprint density at radius 1 is 1.12 bits per heavy atom. The van der Waals surface area contributed by atoms with E-state index in [0.29, 0.717) is 25.4 Å². The van der Waals surface area contributed by atoms with Crippen molar-refractivity contribution in [2.45, 2.75) is 129 Å². The van der Waals surface area contributed by atoms with Crippen LogP contribution in [0.2, 0.25) is 18.1 Å². The number of carbonyl (C=O) groups excluding carboxylic acids is 2. The Morgan fingerprint density at radius 3 is 2.45 bits per heavy atom. The van der Waals surface area contributed by atoms with Gasteiger partial charge in [0.05, 0.1) is 6.61 Å². The van der Waals surface area contributed by atoms with Crippen LogP contribution in [0.25, 0.3) is 0 Å². The summed E-state index contributed by atoms with van der Waals surface area (Å²) in [6.07, 6.45) is 9.87. The molecule has 0 fully saturated rings. The lowest BCUT2D eigenvalue weighted by Gasteiger charge is -2.38.